The first-order valence-electron chi connectivity index (χ1n) is 9.31. The molecule has 0 N–H and O–H groups in total. The highest BCUT2D eigenvalue weighted by molar-refractivity contribution is 5.98. The Bertz CT molecular complexity index is 1220. The number of aromatic nitrogens is 1. The van der Waals surface area contributed by atoms with Crippen molar-refractivity contribution in [1.29, 1.82) is 0 Å². The lowest BCUT2D eigenvalue weighted by Crippen LogP contribution is -2.23. The Morgan fingerprint density at radius 3 is 2.57 bits per heavy atom. The van der Waals surface area contributed by atoms with Crippen molar-refractivity contribution in [3.63, 3.8) is 0 Å². The van der Waals surface area contributed by atoms with Crippen molar-refractivity contribution < 1.29 is 9.18 Å². The van der Waals surface area contributed by atoms with Crippen molar-refractivity contribution in [2.45, 2.75) is 13.1 Å². The molecule has 0 spiro atoms. The zero-order valence-corrected chi connectivity index (χ0v) is 15.5. The lowest BCUT2D eigenvalue weighted by Gasteiger charge is -2.16. The molecule has 0 fully saturated rings. The summed E-state index contributed by atoms with van der Waals surface area (Å²) in [6, 6.07) is 21.0. The van der Waals surface area contributed by atoms with Crippen molar-refractivity contribution in [3.8, 4) is 11.1 Å². The monoisotopic (exact) mass is 370 g/mol. The maximum Gasteiger partial charge on any atom is 0.254 e. The summed E-state index contributed by atoms with van der Waals surface area (Å²) in [6.45, 7) is 0.804. The van der Waals surface area contributed by atoms with Gasteiger partial charge in [0.25, 0.3) is 5.91 Å². The van der Waals surface area contributed by atoms with E-state index in [1.165, 1.54) is 0 Å². The van der Waals surface area contributed by atoms with Gasteiger partial charge in [-0.15, -0.1) is 0 Å². The predicted octanol–water partition coefficient (Wildman–Crippen LogP) is 5.14. The molecule has 4 aromatic rings. The molecule has 28 heavy (non-hydrogen) atoms. The fraction of sp³-hybridized carbons (Fsp3) is 0.125. The predicted molar refractivity (Wildman–Crippen MR) is 108 cm³/mol. The Kier molecular flexibility index (Phi) is 3.79. The summed E-state index contributed by atoms with van der Waals surface area (Å²) in [5, 5.41) is 1.13. The fourth-order valence-corrected chi connectivity index (χ4v) is 3.96. The zero-order chi connectivity index (χ0) is 19.3. The Labute approximate surface area is 162 Å². The van der Waals surface area contributed by atoms with Gasteiger partial charge in [-0.25, -0.2) is 4.39 Å². The van der Waals surface area contributed by atoms with E-state index in [1.54, 1.807) is 17.0 Å². The average molecular weight is 370 g/mol. The minimum absolute atomic E-state index is 0.0337. The quantitative estimate of drug-likeness (QED) is 0.490. The maximum absolute atomic E-state index is 14.8. The third-order valence-electron chi connectivity index (χ3n) is 5.53. The highest BCUT2D eigenvalue weighted by Crippen LogP contribution is 2.28. The van der Waals surface area contributed by atoms with Crippen LogP contribution in [0.5, 0.6) is 0 Å². The molecule has 0 saturated carbocycles. The number of fused-ring (bicyclic) bond motifs is 2. The lowest BCUT2D eigenvalue weighted by molar-refractivity contribution is 0.0765. The molecule has 1 aliphatic heterocycles. The largest absolute Gasteiger partial charge is 0.351 e. The molecule has 3 aromatic carbocycles. The van der Waals surface area contributed by atoms with E-state index in [0.29, 0.717) is 12.1 Å². The number of amides is 1. The first kappa shape index (κ1) is 16.8. The number of nitrogens with zero attached hydrogens (tertiary/aromatic N) is 2. The van der Waals surface area contributed by atoms with Gasteiger partial charge < -0.3 is 9.47 Å². The number of hydrogen-bond donors (Lipinski definition) is 0. The van der Waals surface area contributed by atoms with E-state index in [2.05, 4.69) is 22.8 Å². The van der Waals surface area contributed by atoms with Crippen molar-refractivity contribution in [1.82, 2.24) is 9.47 Å². The number of benzene rings is 3. The van der Waals surface area contributed by atoms with Crippen LogP contribution in [0.4, 0.5) is 4.39 Å². The molecule has 1 amide bonds. The molecule has 0 unspecified atom stereocenters. The number of carbonyl (C=O) groups excluding carboxylic acids is 1. The van der Waals surface area contributed by atoms with E-state index in [1.807, 2.05) is 49.6 Å². The van der Waals surface area contributed by atoms with Crippen LogP contribution in [0.15, 0.2) is 72.9 Å². The second kappa shape index (κ2) is 6.34. The summed E-state index contributed by atoms with van der Waals surface area (Å²) in [4.78, 5) is 14.2. The van der Waals surface area contributed by atoms with Gasteiger partial charge in [0.15, 0.2) is 0 Å². The van der Waals surface area contributed by atoms with Crippen LogP contribution in [0.3, 0.4) is 0 Å². The van der Waals surface area contributed by atoms with E-state index in [0.717, 1.165) is 33.2 Å². The van der Waals surface area contributed by atoms with Crippen LogP contribution >= 0.6 is 0 Å². The van der Waals surface area contributed by atoms with Crippen LogP contribution in [0.1, 0.15) is 21.5 Å². The van der Waals surface area contributed by atoms with Crippen molar-refractivity contribution in [2.24, 2.45) is 7.05 Å². The highest BCUT2D eigenvalue weighted by atomic mass is 19.1. The molecule has 4 heteroatoms. The second-order valence-electron chi connectivity index (χ2n) is 7.32. The van der Waals surface area contributed by atoms with Gasteiger partial charge in [-0.05, 0) is 47.0 Å². The molecular weight excluding hydrogens is 351 g/mol. The minimum Gasteiger partial charge on any atom is -0.351 e. The topological polar surface area (TPSA) is 25.2 Å². The van der Waals surface area contributed by atoms with E-state index < -0.39 is 0 Å². The number of rotatable bonds is 3. The summed E-state index contributed by atoms with van der Waals surface area (Å²) in [5.74, 6) is -0.317. The molecule has 0 radical (unpaired) electrons. The molecule has 3 nitrogen and oxygen atoms in total. The standard InChI is InChI=1S/C24H19FN2O/c1-26-11-10-18-12-16(8-9-23(18)26)17-6-7-20(22(25)13-17)15-27-14-19-4-2-3-5-21(19)24(27)28/h2-13H,14-15H2,1H3. The molecule has 0 bridgehead atoms. The third-order valence-corrected chi connectivity index (χ3v) is 5.53. The lowest BCUT2D eigenvalue weighted by atomic mass is 10.0. The van der Waals surface area contributed by atoms with Gasteiger partial charge in [-0.3, -0.25) is 4.79 Å². The molecule has 0 atom stereocenters. The highest BCUT2D eigenvalue weighted by Gasteiger charge is 2.27. The number of carbonyl (C=O) groups is 1. The van der Waals surface area contributed by atoms with Gasteiger partial charge in [0, 0.05) is 48.4 Å². The molecule has 5 rings (SSSR count). The summed E-state index contributed by atoms with van der Waals surface area (Å²) in [6.07, 6.45) is 2.02. The van der Waals surface area contributed by atoms with Crippen LogP contribution in [0.25, 0.3) is 22.0 Å². The normalized spacial score (nSPS) is 13.4. The smallest absolute Gasteiger partial charge is 0.254 e. The van der Waals surface area contributed by atoms with Gasteiger partial charge in [0.05, 0.1) is 0 Å². The molecule has 138 valence electrons. The van der Waals surface area contributed by atoms with Crippen LogP contribution in [-0.2, 0) is 20.1 Å². The van der Waals surface area contributed by atoms with Crippen molar-refractivity contribution in [3.05, 3.63) is 95.4 Å². The van der Waals surface area contributed by atoms with Crippen LogP contribution in [0.2, 0.25) is 0 Å². The molecule has 0 saturated heterocycles. The first-order valence-corrected chi connectivity index (χ1v) is 9.31. The number of halogens is 1. The van der Waals surface area contributed by atoms with Gasteiger partial charge in [0.1, 0.15) is 5.82 Å². The Balaban J connectivity index is 1.41. The molecule has 2 heterocycles. The summed E-state index contributed by atoms with van der Waals surface area (Å²) < 4.78 is 16.9. The SMILES string of the molecule is Cn1ccc2cc(-c3ccc(CN4Cc5ccccc5C4=O)c(F)c3)ccc21. The Hall–Kier alpha value is -3.40. The first-order chi connectivity index (χ1) is 13.6. The summed E-state index contributed by atoms with van der Waals surface area (Å²) >= 11 is 0. The van der Waals surface area contributed by atoms with E-state index in [-0.39, 0.29) is 18.3 Å². The van der Waals surface area contributed by atoms with Crippen molar-refractivity contribution in [2.75, 3.05) is 0 Å². The Morgan fingerprint density at radius 1 is 0.964 bits per heavy atom. The van der Waals surface area contributed by atoms with Crippen LogP contribution in [0, 0.1) is 5.82 Å². The molecular formula is C24H19FN2O. The van der Waals surface area contributed by atoms with Gasteiger partial charge in [0.2, 0.25) is 0 Å². The van der Waals surface area contributed by atoms with Gasteiger partial charge in [-0.1, -0.05) is 36.4 Å². The number of hydrogen-bond acceptors (Lipinski definition) is 1. The molecule has 1 aliphatic rings. The Morgan fingerprint density at radius 2 is 1.75 bits per heavy atom. The second-order valence-corrected chi connectivity index (χ2v) is 7.32. The van der Waals surface area contributed by atoms with Crippen LogP contribution in [-0.4, -0.2) is 15.4 Å². The summed E-state index contributed by atoms with van der Waals surface area (Å²) in [7, 11) is 2.01. The van der Waals surface area contributed by atoms with Gasteiger partial charge >= 0.3 is 0 Å². The summed E-state index contributed by atoms with van der Waals surface area (Å²) in [5.41, 5.74) is 5.21. The average Bonchev–Trinajstić information content (AvgIpc) is 3.23. The van der Waals surface area contributed by atoms with E-state index >= 15 is 0 Å². The van der Waals surface area contributed by atoms with Crippen molar-refractivity contribution >= 4 is 16.8 Å². The zero-order valence-electron chi connectivity index (χ0n) is 15.5. The van der Waals surface area contributed by atoms with Gasteiger partial charge in [-0.2, -0.15) is 0 Å². The third kappa shape index (κ3) is 2.69. The number of aryl methyl sites for hydroxylation is 1. The van der Waals surface area contributed by atoms with Crippen LogP contribution < -0.4 is 0 Å². The molecule has 0 aliphatic carbocycles. The molecule has 1 aromatic heterocycles. The maximum atomic E-state index is 14.8. The van der Waals surface area contributed by atoms with E-state index in [4.69, 9.17) is 0 Å². The fourth-order valence-electron chi connectivity index (χ4n) is 3.96. The minimum atomic E-state index is -0.283. The van der Waals surface area contributed by atoms with E-state index in [9.17, 15) is 9.18 Å².